The highest BCUT2D eigenvalue weighted by Gasteiger charge is 2.23. The molecule has 1 aromatic carbocycles. The molecule has 1 unspecified atom stereocenters. The summed E-state index contributed by atoms with van der Waals surface area (Å²) < 4.78 is 10.6. The van der Waals surface area contributed by atoms with Crippen molar-refractivity contribution in [2.45, 2.75) is 32.3 Å². The van der Waals surface area contributed by atoms with Gasteiger partial charge in [-0.2, -0.15) is 0 Å². The minimum Gasteiger partial charge on any atom is -0.488 e. The van der Waals surface area contributed by atoms with Gasteiger partial charge in [0.1, 0.15) is 11.9 Å². The molecule has 1 aliphatic heterocycles. The molecule has 1 heterocycles. The number of ether oxygens (including phenoxy) is 2. The van der Waals surface area contributed by atoms with Crippen LogP contribution < -0.4 is 4.74 Å². The van der Waals surface area contributed by atoms with Gasteiger partial charge < -0.3 is 14.4 Å². The Balaban J connectivity index is 1.74. The highest BCUT2D eigenvalue weighted by Crippen LogP contribution is 2.29. The molecule has 0 spiro atoms. The molecule has 0 saturated heterocycles. The number of benzene rings is 1. The molecule has 4 nitrogen and oxygen atoms in total. The summed E-state index contributed by atoms with van der Waals surface area (Å²) in [5.74, 6) is 0.877. The van der Waals surface area contributed by atoms with Crippen LogP contribution in [-0.4, -0.2) is 44.2 Å². The molecule has 0 aromatic heterocycles. The summed E-state index contributed by atoms with van der Waals surface area (Å²) in [6.07, 6.45) is 2.49. The predicted octanol–water partition coefficient (Wildman–Crippen LogP) is 2.18. The van der Waals surface area contributed by atoms with E-state index >= 15 is 0 Å². The van der Waals surface area contributed by atoms with Gasteiger partial charge in [0.15, 0.2) is 0 Å². The van der Waals surface area contributed by atoms with E-state index in [-0.39, 0.29) is 12.1 Å². The summed E-state index contributed by atoms with van der Waals surface area (Å²) >= 11 is 0. The highest BCUT2D eigenvalue weighted by atomic mass is 16.5. The maximum absolute atomic E-state index is 11.1. The molecule has 1 aromatic rings. The van der Waals surface area contributed by atoms with E-state index in [4.69, 9.17) is 4.74 Å². The van der Waals surface area contributed by atoms with Crippen LogP contribution in [0.25, 0.3) is 0 Å². The van der Waals surface area contributed by atoms with Crippen molar-refractivity contribution in [1.29, 1.82) is 0 Å². The number of carbonyl (C=O) groups is 1. The number of aryl methyl sites for hydroxylation is 1. The predicted molar refractivity (Wildman–Crippen MR) is 78.0 cm³/mol. The molecule has 110 valence electrons. The van der Waals surface area contributed by atoms with E-state index in [1.54, 1.807) is 0 Å². The Hall–Kier alpha value is -1.55. The molecule has 4 heteroatoms. The Bertz CT molecular complexity index is 473. The van der Waals surface area contributed by atoms with E-state index in [9.17, 15) is 4.79 Å². The topological polar surface area (TPSA) is 38.8 Å². The maximum Gasteiger partial charge on any atom is 0.305 e. The maximum atomic E-state index is 11.1. The molecule has 1 atom stereocenters. The molecule has 1 aliphatic rings. The number of fused-ring (bicyclic) bond motifs is 1. The van der Waals surface area contributed by atoms with E-state index in [1.807, 2.05) is 0 Å². The monoisotopic (exact) mass is 277 g/mol. The Morgan fingerprint density at radius 1 is 1.50 bits per heavy atom. The van der Waals surface area contributed by atoms with Gasteiger partial charge in [-0.3, -0.25) is 4.79 Å². The van der Waals surface area contributed by atoms with Crippen LogP contribution in [0.4, 0.5) is 0 Å². The molecule has 2 rings (SSSR count). The number of rotatable bonds is 6. The fourth-order valence-corrected chi connectivity index (χ4v) is 2.59. The highest BCUT2D eigenvalue weighted by molar-refractivity contribution is 5.69. The molecule has 0 amide bonds. The lowest BCUT2D eigenvalue weighted by Crippen LogP contribution is -2.32. The number of likely N-dealkylation sites (N-methyl/N-ethyl adjacent to an activating group) is 1. The van der Waals surface area contributed by atoms with Gasteiger partial charge in [0.25, 0.3) is 0 Å². The molecule has 0 aliphatic carbocycles. The normalized spacial score (nSPS) is 16.9. The van der Waals surface area contributed by atoms with Crippen LogP contribution in [0, 0.1) is 6.92 Å². The first-order chi connectivity index (χ1) is 9.58. The fourth-order valence-electron chi connectivity index (χ4n) is 2.59. The van der Waals surface area contributed by atoms with Crippen LogP contribution in [0.5, 0.6) is 5.75 Å². The second kappa shape index (κ2) is 6.75. The number of esters is 1. The Labute approximate surface area is 120 Å². The van der Waals surface area contributed by atoms with E-state index in [1.165, 1.54) is 18.2 Å². The van der Waals surface area contributed by atoms with E-state index < -0.39 is 0 Å². The van der Waals surface area contributed by atoms with Gasteiger partial charge >= 0.3 is 5.97 Å². The van der Waals surface area contributed by atoms with Crippen molar-refractivity contribution >= 4 is 5.97 Å². The third-order valence-electron chi connectivity index (χ3n) is 3.62. The van der Waals surface area contributed by atoms with Crippen molar-refractivity contribution in [3.63, 3.8) is 0 Å². The van der Waals surface area contributed by atoms with Crippen molar-refractivity contribution in [3.8, 4) is 5.75 Å². The fraction of sp³-hybridized carbons (Fsp3) is 0.562. The molecular formula is C16H23NO3. The first-order valence-corrected chi connectivity index (χ1v) is 7.10. The molecular weight excluding hydrogens is 254 g/mol. The van der Waals surface area contributed by atoms with E-state index in [0.29, 0.717) is 6.42 Å². The SMILES string of the molecule is COC(=O)CCCN(C)CC1Cc2cc(C)ccc2O1. The Morgan fingerprint density at radius 3 is 3.05 bits per heavy atom. The van der Waals surface area contributed by atoms with Gasteiger partial charge in [-0.1, -0.05) is 17.7 Å². The van der Waals surface area contributed by atoms with Crippen molar-refractivity contribution in [2.24, 2.45) is 0 Å². The molecule has 0 saturated carbocycles. The standard InChI is InChI=1S/C16H23NO3/c1-12-6-7-15-13(9-12)10-14(20-15)11-17(2)8-4-5-16(18)19-3/h6-7,9,14H,4-5,8,10-11H2,1-3H3. The second-order valence-corrected chi connectivity index (χ2v) is 5.50. The number of carbonyl (C=O) groups excluding carboxylic acids is 1. The number of nitrogens with zero attached hydrogens (tertiary/aromatic N) is 1. The Kier molecular flexibility index (Phi) is 5.01. The van der Waals surface area contributed by atoms with Crippen LogP contribution in [0.3, 0.4) is 0 Å². The van der Waals surface area contributed by atoms with Gasteiger partial charge in [-0.25, -0.2) is 0 Å². The number of methoxy groups -OCH3 is 1. The van der Waals surface area contributed by atoms with Crippen LogP contribution in [0.1, 0.15) is 24.0 Å². The summed E-state index contributed by atoms with van der Waals surface area (Å²) in [5, 5.41) is 0. The van der Waals surface area contributed by atoms with Crippen molar-refractivity contribution in [3.05, 3.63) is 29.3 Å². The second-order valence-electron chi connectivity index (χ2n) is 5.50. The number of hydrogen-bond acceptors (Lipinski definition) is 4. The van der Waals surface area contributed by atoms with Crippen molar-refractivity contribution in [1.82, 2.24) is 4.90 Å². The zero-order chi connectivity index (χ0) is 14.5. The summed E-state index contributed by atoms with van der Waals surface area (Å²) in [4.78, 5) is 13.3. The lowest BCUT2D eigenvalue weighted by molar-refractivity contribution is -0.140. The zero-order valence-corrected chi connectivity index (χ0v) is 12.5. The van der Waals surface area contributed by atoms with Crippen LogP contribution >= 0.6 is 0 Å². The first kappa shape index (κ1) is 14.9. The van der Waals surface area contributed by atoms with Gasteiger partial charge in [0, 0.05) is 19.4 Å². The van der Waals surface area contributed by atoms with Crippen LogP contribution in [0.15, 0.2) is 18.2 Å². The first-order valence-electron chi connectivity index (χ1n) is 7.10. The lowest BCUT2D eigenvalue weighted by atomic mass is 10.1. The average Bonchev–Trinajstić information content (AvgIpc) is 2.79. The molecule has 0 fully saturated rings. The van der Waals surface area contributed by atoms with Gasteiger partial charge in [0.05, 0.1) is 7.11 Å². The zero-order valence-electron chi connectivity index (χ0n) is 12.5. The van der Waals surface area contributed by atoms with Crippen LogP contribution in [-0.2, 0) is 16.0 Å². The smallest absolute Gasteiger partial charge is 0.305 e. The van der Waals surface area contributed by atoms with Crippen molar-refractivity contribution < 1.29 is 14.3 Å². The van der Waals surface area contributed by atoms with Gasteiger partial charge in [0.2, 0.25) is 0 Å². The summed E-state index contributed by atoms with van der Waals surface area (Å²) in [6.45, 7) is 3.87. The van der Waals surface area contributed by atoms with E-state index in [0.717, 1.165) is 31.7 Å². The van der Waals surface area contributed by atoms with E-state index in [2.05, 4.69) is 41.8 Å². The quantitative estimate of drug-likeness (QED) is 0.747. The summed E-state index contributed by atoms with van der Waals surface area (Å²) in [5.41, 5.74) is 2.58. The molecule has 0 radical (unpaired) electrons. The van der Waals surface area contributed by atoms with Crippen LogP contribution in [0.2, 0.25) is 0 Å². The van der Waals surface area contributed by atoms with Crippen molar-refractivity contribution in [2.75, 3.05) is 27.2 Å². The van der Waals surface area contributed by atoms with Gasteiger partial charge in [-0.15, -0.1) is 0 Å². The van der Waals surface area contributed by atoms with Gasteiger partial charge in [-0.05, 0) is 38.6 Å². The summed E-state index contributed by atoms with van der Waals surface area (Å²) in [7, 11) is 3.49. The Morgan fingerprint density at radius 2 is 2.30 bits per heavy atom. The lowest BCUT2D eigenvalue weighted by Gasteiger charge is -2.20. The molecule has 0 bridgehead atoms. The minimum atomic E-state index is -0.140. The third-order valence-corrected chi connectivity index (χ3v) is 3.62. The number of hydrogen-bond donors (Lipinski definition) is 0. The molecule has 0 N–H and O–H groups in total. The minimum absolute atomic E-state index is 0.140. The third kappa shape index (κ3) is 3.97. The average molecular weight is 277 g/mol. The summed E-state index contributed by atoms with van der Waals surface area (Å²) in [6, 6.07) is 6.34. The largest absolute Gasteiger partial charge is 0.488 e. The molecule has 20 heavy (non-hydrogen) atoms.